The van der Waals surface area contributed by atoms with Crippen LogP contribution in [0.2, 0.25) is 0 Å². The standard InChI is InChI=1S/C14H25NO3/c1-13(2,7-12(16)17)14(9-18-10-14)11-5-4-6-15(3)8-11/h11H,4-10H2,1-3H3,(H,16,17). The zero-order valence-electron chi connectivity index (χ0n) is 11.7. The number of likely N-dealkylation sites (tertiary alicyclic amines) is 1. The number of hydrogen-bond acceptors (Lipinski definition) is 3. The van der Waals surface area contributed by atoms with E-state index in [2.05, 4.69) is 25.8 Å². The van der Waals surface area contributed by atoms with Gasteiger partial charge in [-0.05, 0) is 37.8 Å². The van der Waals surface area contributed by atoms with Crippen molar-refractivity contribution >= 4 is 5.97 Å². The van der Waals surface area contributed by atoms with Crippen LogP contribution in [0.15, 0.2) is 0 Å². The quantitative estimate of drug-likeness (QED) is 0.833. The number of piperidine rings is 1. The number of carboxylic acid groups (broad SMARTS) is 1. The molecule has 0 aromatic rings. The normalized spacial score (nSPS) is 28.7. The monoisotopic (exact) mass is 255 g/mol. The van der Waals surface area contributed by atoms with E-state index >= 15 is 0 Å². The van der Waals surface area contributed by atoms with Crippen LogP contribution < -0.4 is 0 Å². The first-order chi connectivity index (χ1) is 8.37. The van der Waals surface area contributed by atoms with Crippen LogP contribution in [0.1, 0.15) is 33.1 Å². The maximum absolute atomic E-state index is 11.1. The highest BCUT2D eigenvalue weighted by molar-refractivity contribution is 5.67. The Bertz CT molecular complexity index is 323. The van der Waals surface area contributed by atoms with Crippen molar-refractivity contribution < 1.29 is 14.6 Å². The number of hydrogen-bond donors (Lipinski definition) is 1. The maximum Gasteiger partial charge on any atom is 0.303 e. The van der Waals surface area contributed by atoms with E-state index < -0.39 is 5.97 Å². The molecule has 2 fully saturated rings. The van der Waals surface area contributed by atoms with Crippen molar-refractivity contribution in [3.63, 3.8) is 0 Å². The highest BCUT2D eigenvalue weighted by atomic mass is 16.5. The fourth-order valence-corrected chi connectivity index (χ4v) is 3.67. The van der Waals surface area contributed by atoms with Crippen LogP contribution in [0.3, 0.4) is 0 Å². The fourth-order valence-electron chi connectivity index (χ4n) is 3.67. The van der Waals surface area contributed by atoms with Crippen LogP contribution in [0.4, 0.5) is 0 Å². The summed E-state index contributed by atoms with van der Waals surface area (Å²) in [6, 6.07) is 0. The molecule has 104 valence electrons. The number of nitrogens with zero attached hydrogens (tertiary/aromatic N) is 1. The van der Waals surface area contributed by atoms with Crippen LogP contribution in [0.5, 0.6) is 0 Å². The van der Waals surface area contributed by atoms with Crippen molar-refractivity contribution in [2.45, 2.75) is 33.1 Å². The first-order valence-corrected chi connectivity index (χ1v) is 6.85. The minimum Gasteiger partial charge on any atom is -0.481 e. The summed E-state index contributed by atoms with van der Waals surface area (Å²) in [7, 11) is 2.16. The summed E-state index contributed by atoms with van der Waals surface area (Å²) < 4.78 is 5.48. The molecule has 0 spiro atoms. The van der Waals surface area contributed by atoms with Crippen molar-refractivity contribution in [1.82, 2.24) is 4.90 Å². The summed E-state index contributed by atoms with van der Waals surface area (Å²) >= 11 is 0. The van der Waals surface area contributed by atoms with Crippen LogP contribution in [-0.4, -0.2) is 49.3 Å². The van der Waals surface area contributed by atoms with Gasteiger partial charge in [0.1, 0.15) is 0 Å². The summed E-state index contributed by atoms with van der Waals surface area (Å²) in [6.07, 6.45) is 2.65. The van der Waals surface area contributed by atoms with Gasteiger partial charge in [-0.25, -0.2) is 0 Å². The minimum atomic E-state index is -0.699. The summed E-state index contributed by atoms with van der Waals surface area (Å²) in [5.41, 5.74) is -0.139. The van der Waals surface area contributed by atoms with Crippen LogP contribution in [0.25, 0.3) is 0 Å². The second-order valence-electron chi connectivity index (χ2n) is 6.70. The number of ether oxygens (including phenoxy) is 1. The SMILES string of the molecule is CN1CCCC(C2(C(C)(C)CC(=O)O)COC2)C1. The lowest BCUT2D eigenvalue weighted by molar-refractivity contribution is -0.218. The molecule has 4 heteroatoms. The summed E-state index contributed by atoms with van der Waals surface area (Å²) in [5, 5.41) is 9.13. The summed E-state index contributed by atoms with van der Waals surface area (Å²) in [6.45, 7) is 7.88. The zero-order chi connectivity index (χ0) is 13.4. The molecule has 1 unspecified atom stereocenters. The minimum absolute atomic E-state index is 0.0556. The Hall–Kier alpha value is -0.610. The van der Waals surface area contributed by atoms with E-state index in [9.17, 15) is 4.79 Å². The average Bonchev–Trinajstić information content (AvgIpc) is 2.12. The average molecular weight is 255 g/mol. The first-order valence-electron chi connectivity index (χ1n) is 6.85. The zero-order valence-corrected chi connectivity index (χ0v) is 11.7. The molecular weight excluding hydrogens is 230 g/mol. The Balaban J connectivity index is 2.16. The molecule has 2 saturated heterocycles. The van der Waals surface area contributed by atoms with Crippen LogP contribution >= 0.6 is 0 Å². The molecule has 1 atom stereocenters. The maximum atomic E-state index is 11.1. The second kappa shape index (κ2) is 4.82. The van der Waals surface area contributed by atoms with E-state index in [0.717, 1.165) is 26.3 Å². The third-order valence-electron chi connectivity index (χ3n) is 5.07. The van der Waals surface area contributed by atoms with Gasteiger partial charge in [0.2, 0.25) is 0 Å². The predicted octanol–water partition coefficient (Wildman–Crippen LogP) is 1.85. The van der Waals surface area contributed by atoms with Gasteiger partial charge in [-0.2, -0.15) is 0 Å². The lowest BCUT2D eigenvalue weighted by Crippen LogP contribution is -2.61. The number of aliphatic carboxylic acids is 1. The van der Waals surface area contributed by atoms with Gasteiger partial charge in [-0.1, -0.05) is 13.8 Å². The molecule has 2 heterocycles. The Morgan fingerprint density at radius 1 is 1.50 bits per heavy atom. The summed E-state index contributed by atoms with van der Waals surface area (Å²) in [5.74, 6) is -0.130. The van der Waals surface area contributed by atoms with Crippen LogP contribution in [0, 0.1) is 16.7 Å². The van der Waals surface area contributed by atoms with Crippen LogP contribution in [-0.2, 0) is 9.53 Å². The van der Waals surface area contributed by atoms with Crippen molar-refractivity contribution in [3.8, 4) is 0 Å². The third-order valence-corrected chi connectivity index (χ3v) is 5.07. The second-order valence-corrected chi connectivity index (χ2v) is 6.70. The molecule has 0 aliphatic carbocycles. The number of carbonyl (C=O) groups is 1. The van der Waals surface area contributed by atoms with E-state index in [-0.39, 0.29) is 17.3 Å². The van der Waals surface area contributed by atoms with E-state index in [4.69, 9.17) is 9.84 Å². The molecule has 0 amide bonds. The molecule has 0 saturated carbocycles. The molecular formula is C14H25NO3. The lowest BCUT2D eigenvalue weighted by Gasteiger charge is -2.58. The van der Waals surface area contributed by atoms with E-state index in [1.807, 2.05) is 0 Å². The molecule has 18 heavy (non-hydrogen) atoms. The van der Waals surface area contributed by atoms with Gasteiger partial charge in [-0.3, -0.25) is 4.79 Å². The Morgan fingerprint density at radius 3 is 2.61 bits per heavy atom. The van der Waals surface area contributed by atoms with Gasteiger partial charge in [0.05, 0.1) is 19.6 Å². The fraction of sp³-hybridized carbons (Fsp3) is 0.929. The highest BCUT2D eigenvalue weighted by Gasteiger charge is 2.56. The van der Waals surface area contributed by atoms with Gasteiger partial charge in [0, 0.05) is 12.0 Å². The van der Waals surface area contributed by atoms with Crippen molar-refractivity contribution in [2.75, 3.05) is 33.4 Å². The number of rotatable bonds is 4. The third kappa shape index (κ3) is 2.28. The molecule has 4 nitrogen and oxygen atoms in total. The Labute approximate surface area is 109 Å². The highest BCUT2D eigenvalue weighted by Crippen LogP contribution is 2.54. The number of carboxylic acids is 1. The van der Waals surface area contributed by atoms with Gasteiger partial charge >= 0.3 is 5.97 Å². The molecule has 0 aromatic heterocycles. The first kappa shape index (κ1) is 13.8. The Kier molecular flexibility index (Phi) is 3.70. The molecule has 0 bridgehead atoms. The predicted molar refractivity (Wildman–Crippen MR) is 69.5 cm³/mol. The largest absolute Gasteiger partial charge is 0.481 e. The molecule has 2 aliphatic heterocycles. The van der Waals surface area contributed by atoms with E-state index in [1.54, 1.807) is 0 Å². The smallest absolute Gasteiger partial charge is 0.303 e. The van der Waals surface area contributed by atoms with Gasteiger partial charge in [-0.15, -0.1) is 0 Å². The summed E-state index contributed by atoms with van der Waals surface area (Å²) in [4.78, 5) is 13.5. The molecule has 0 radical (unpaired) electrons. The van der Waals surface area contributed by atoms with Gasteiger partial charge < -0.3 is 14.7 Å². The van der Waals surface area contributed by atoms with Crippen molar-refractivity contribution in [3.05, 3.63) is 0 Å². The molecule has 1 N–H and O–H groups in total. The van der Waals surface area contributed by atoms with E-state index in [0.29, 0.717) is 5.92 Å². The van der Waals surface area contributed by atoms with E-state index in [1.165, 1.54) is 12.8 Å². The van der Waals surface area contributed by atoms with Gasteiger partial charge in [0.15, 0.2) is 0 Å². The van der Waals surface area contributed by atoms with Crippen molar-refractivity contribution in [2.24, 2.45) is 16.7 Å². The Morgan fingerprint density at radius 2 is 2.17 bits per heavy atom. The van der Waals surface area contributed by atoms with Gasteiger partial charge in [0.25, 0.3) is 0 Å². The topological polar surface area (TPSA) is 49.8 Å². The molecule has 0 aromatic carbocycles. The lowest BCUT2D eigenvalue weighted by atomic mass is 9.55. The van der Waals surface area contributed by atoms with Crippen molar-refractivity contribution in [1.29, 1.82) is 0 Å². The molecule has 2 rings (SSSR count). The molecule has 2 aliphatic rings.